The second kappa shape index (κ2) is 4.92. The third-order valence-electron chi connectivity index (χ3n) is 1.93. The predicted octanol–water partition coefficient (Wildman–Crippen LogP) is 1.56. The van der Waals surface area contributed by atoms with Crippen LogP contribution in [0.3, 0.4) is 0 Å². The summed E-state index contributed by atoms with van der Waals surface area (Å²) < 4.78 is 1.87. The molecule has 1 heterocycles. The zero-order valence-electron chi connectivity index (χ0n) is 7.78. The summed E-state index contributed by atoms with van der Waals surface area (Å²) in [5, 5.41) is 9.38. The topological polar surface area (TPSA) is 42.2 Å². The Labute approximate surface area is 83.4 Å². The Morgan fingerprint density at radius 3 is 2.54 bits per heavy atom. The summed E-state index contributed by atoms with van der Waals surface area (Å²) >= 11 is 0. The lowest BCUT2D eigenvalue weighted by atomic mass is 10.2. The number of pyridine rings is 1. The van der Waals surface area contributed by atoms with Crippen molar-refractivity contribution >= 4 is 12.4 Å². The molecule has 1 N–H and O–H groups in total. The summed E-state index contributed by atoms with van der Waals surface area (Å²) in [5.41, 5.74) is 0.418. The van der Waals surface area contributed by atoms with Gasteiger partial charge in [-0.3, -0.25) is 4.79 Å². The fraction of sp³-hybridized carbons (Fsp3) is 0.444. The molecule has 0 radical (unpaired) electrons. The number of aromatic nitrogens is 1. The van der Waals surface area contributed by atoms with Crippen LogP contribution in [0.25, 0.3) is 0 Å². The molecule has 13 heavy (non-hydrogen) atoms. The molecule has 0 spiro atoms. The zero-order valence-corrected chi connectivity index (χ0v) is 8.60. The molecule has 74 valence electrons. The van der Waals surface area contributed by atoms with Gasteiger partial charge in [-0.05, 0) is 13.3 Å². The molecule has 1 aromatic heterocycles. The van der Waals surface area contributed by atoms with Crippen molar-refractivity contribution in [1.82, 2.24) is 4.57 Å². The van der Waals surface area contributed by atoms with Crippen LogP contribution in [-0.4, -0.2) is 9.67 Å². The van der Waals surface area contributed by atoms with Crippen LogP contribution in [0.4, 0.5) is 0 Å². The van der Waals surface area contributed by atoms with E-state index in [4.69, 9.17) is 0 Å². The maximum atomic E-state index is 11.0. The van der Waals surface area contributed by atoms with Gasteiger partial charge in [-0.2, -0.15) is 0 Å². The van der Waals surface area contributed by atoms with Gasteiger partial charge in [0.1, 0.15) is 0 Å². The summed E-state index contributed by atoms with van der Waals surface area (Å²) in [5.74, 6) is -0.109. The van der Waals surface area contributed by atoms with Crippen LogP contribution < -0.4 is 5.43 Å². The second-order valence-corrected chi connectivity index (χ2v) is 2.61. The number of rotatable bonds is 2. The summed E-state index contributed by atoms with van der Waals surface area (Å²) in [6, 6.07) is 1.39. The quantitative estimate of drug-likeness (QED) is 0.793. The number of hydrogen-bond acceptors (Lipinski definition) is 2. The molecule has 0 amide bonds. The first kappa shape index (κ1) is 12.0. The van der Waals surface area contributed by atoms with E-state index in [0.717, 1.165) is 6.54 Å². The van der Waals surface area contributed by atoms with E-state index in [1.807, 2.05) is 18.4 Å². The van der Waals surface area contributed by atoms with Crippen molar-refractivity contribution in [3.05, 3.63) is 28.2 Å². The largest absolute Gasteiger partial charge is 0.503 e. The Morgan fingerprint density at radius 2 is 2.08 bits per heavy atom. The molecule has 0 bridgehead atoms. The van der Waals surface area contributed by atoms with Gasteiger partial charge in [0.05, 0.1) is 5.69 Å². The molecule has 3 nitrogen and oxygen atoms in total. The van der Waals surface area contributed by atoms with E-state index in [2.05, 4.69) is 0 Å². The SMILES string of the molecule is CCc1c(O)c(=O)ccn1CC.Cl. The third-order valence-corrected chi connectivity index (χ3v) is 1.93. The molecular formula is C9H14ClNO2. The van der Waals surface area contributed by atoms with Gasteiger partial charge < -0.3 is 9.67 Å². The monoisotopic (exact) mass is 203 g/mol. The predicted molar refractivity (Wildman–Crippen MR) is 54.7 cm³/mol. The van der Waals surface area contributed by atoms with Gasteiger partial charge in [-0.1, -0.05) is 6.92 Å². The van der Waals surface area contributed by atoms with Crippen LogP contribution in [0.2, 0.25) is 0 Å². The van der Waals surface area contributed by atoms with Crippen LogP contribution in [0.5, 0.6) is 5.75 Å². The molecule has 0 aliphatic heterocycles. The average molecular weight is 204 g/mol. The molecular weight excluding hydrogens is 190 g/mol. The molecule has 0 unspecified atom stereocenters. The first-order chi connectivity index (χ1) is 5.70. The standard InChI is InChI=1S/C9H13NO2.ClH/c1-3-7-9(12)8(11)5-6-10(7)4-2;/h5-6,12H,3-4H2,1-2H3;1H. The van der Waals surface area contributed by atoms with E-state index < -0.39 is 0 Å². The third kappa shape index (κ3) is 2.25. The van der Waals surface area contributed by atoms with Crippen LogP contribution >= 0.6 is 12.4 Å². The van der Waals surface area contributed by atoms with E-state index in [0.29, 0.717) is 12.1 Å². The van der Waals surface area contributed by atoms with E-state index >= 15 is 0 Å². The average Bonchev–Trinajstić information content (AvgIpc) is 2.09. The highest BCUT2D eigenvalue weighted by molar-refractivity contribution is 5.85. The van der Waals surface area contributed by atoms with Crippen LogP contribution in [0.15, 0.2) is 17.1 Å². The van der Waals surface area contributed by atoms with Crippen LogP contribution in [-0.2, 0) is 13.0 Å². The molecule has 0 fully saturated rings. The lowest BCUT2D eigenvalue weighted by Gasteiger charge is -2.10. The molecule has 0 saturated heterocycles. The minimum absolute atomic E-state index is 0. The summed E-state index contributed by atoms with van der Waals surface area (Å²) in [6.45, 7) is 4.67. The van der Waals surface area contributed by atoms with Gasteiger partial charge >= 0.3 is 0 Å². The summed E-state index contributed by atoms with van der Waals surface area (Å²) in [6.07, 6.45) is 2.39. The second-order valence-electron chi connectivity index (χ2n) is 2.61. The Balaban J connectivity index is 0.00000144. The lowest BCUT2D eigenvalue weighted by molar-refractivity contribution is 0.450. The van der Waals surface area contributed by atoms with Crippen molar-refractivity contribution in [3.8, 4) is 5.75 Å². The van der Waals surface area contributed by atoms with Gasteiger partial charge in [-0.25, -0.2) is 0 Å². The Hall–Kier alpha value is -0.960. The molecule has 4 heteroatoms. The number of aryl methyl sites for hydroxylation is 1. The van der Waals surface area contributed by atoms with Gasteiger partial charge in [0, 0.05) is 18.8 Å². The molecule has 0 aliphatic carbocycles. The van der Waals surface area contributed by atoms with Crippen molar-refractivity contribution in [2.45, 2.75) is 26.8 Å². The highest BCUT2D eigenvalue weighted by Crippen LogP contribution is 2.11. The van der Waals surface area contributed by atoms with E-state index in [1.165, 1.54) is 6.07 Å². The highest BCUT2D eigenvalue weighted by Gasteiger charge is 2.05. The molecule has 1 aromatic rings. The smallest absolute Gasteiger partial charge is 0.223 e. The van der Waals surface area contributed by atoms with Crippen molar-refractivity contribution in [3.63, 3.8) is 0 Å². The van der Waals surface area contributed by atoms with E-state index in [9.17, 15) is 9.90 Å². The van der Waals surface area contributed by atoms with Crippen LogP contribution in [0.1, 0.15) is 19.5 Å². The number of aromatic hydroxyl groups is 1. The van der Waals surface area contributed by atoms with Gasteiger partial charge in [0.25, 0.3) is 0 Å². The maximum Gasteiger partial charge on any atom is 0.223 e. The number of halogens is 1. The molecule has 0 aromatic carbocycles. The molecule has 0 aliphatic rings. The van der Waals surface area contributed by atoms with Crippen molar-refractivity contribution in [2.24, 2.45) is 0 Å². The van der Waals surface area contributed by atoms with Gasteiger partial charge in [-0.15, -0.1) is 12.4 Å². The normalized spacial score (nSPS) is 9.38. The first-order valence-corrected chi connectivity index (χ1v) is 4.12. The van der Waals surface area contributed by atoms with E-state index in [1.54, 1.807) is 6.20 Å². The van der Waals surface area contributed by atoms with Crippen molar-refractivity contribution in [2.75, 3.05) is 0 Å². The number of nitrogens with zero attached hydrogens (tertiary/aromatic N) is 1. The van der Waals surface area contributed by atoms with Crippen molar-refractivity contribution in [1.29, 1.82) is 0 Å². The Bertz CT molecular complexity index is 333. The fourth-order valence-electron chi connectivity index (χ4n) is 1.27. The van der Waals surface area contributed by atoms with Gasteiger partial charge in [0.2, 0.25) is 5.43 Å². The maximum absolute atomic E-state index is 11.0. The lowest BCUT2D eigenvalue weighted by Crippen LogP contribution is -2.10. The summed E-state index contributed by atoms with van der Waals surface area (Å²) in [4.78, 5) is 11.0. The first-order valence-electron chi connectivity index (χ1n) is 4.12. The Kier molecular flexibility index (Phi) is 4.56. The molecule has 1 rings (SSSR count). The minimum atomic E-state index is -0.295. The molecule has 0 atom stereocenters. The van der Waals surface area contributed by atoms with E-state index in [-0.39, 0.29) is 23.6 Å². The summed E-state index contributed by atoms with van der Waals surface area (Å²) in [7, 11) is 0. The molecule has 0 saturated carbocycles. The fourth-order valence-corrected chi connectivity index (χ4v) is 1.27. The highest BCUT2D eigenvalue weighted by atomic mass is 35.5. The number of hydrogen-bond donors (Lipinski definition) is 1. The van der Waals surface area contributed by atoms with Crippen molar-refractivity contribution < 1.29 is 5.11 Å². The van der Waals surface area contributed by atoms with Crippen LogP contribution in [0, 0.1) is 0 Å². The zero-order chi connectivity index (χ0) is 9.14. The Morgan fingerprint density at radius 1 is 1.46 bits per heavy atom. The minimum Gasteiger partial charge on any atom is -0.503 e. The van der Waals surface area contributed by atoms with Gasteiger partial charge in [0.15, 0.2) is 5.75 Å².